The quantitative estimate of drug-likeness (QED) is 0.525. The van der Waals surface area contributed by atoms with Crippen LogP contribution in [-0.2, 0) is 11.3 Å². The Kier molecular flexibility index (Phi) is 5.08. The molecule has 0 bridgehead atoms. The molecule has 0 saturated carbocycles. The van der Waals surface area contributed by atoms with Gasteiger partial charge in [0.2, 0.25) is 5.91 Å². The fraction of sp³-hybridized carbons (Fsp3) is 0.190. The molecule has 1 N–H and O–H groups in total. The molecule has 0 unspecified atom stereocenters. The number of rotatable bonds is 6. The van der Waals surface area contributed by atoms with Crippen LogP contribution in [0.2, 0.25) is 0 Å². The molecule has 1 amide bonds. The lowest BCUT2D eigenvalue weighted by Gasteiger charge is -2.03. The second-order valence-electron chi connectivity index (χ2n) is 6.54. The van der Waals surface area contributed by atoms with Crippen molar-refractivity contribution in [2.24, 2.45) is 0 Å². The minimum atomic E-state index is -0.399. The van der Waals surface area contributed by atoms with Crippen molar-refractivity contribution in [3.8, 4) is 11.3 Å². The van der Waals surface area contributed by atoms with Gasteiger partial charge in [-0.2, -0.15) is 0 Å². The number of hydrogen-bond donors (Lipinski definition) is 1. The molecular weight excluding hydrogens is 374 g/mol. The molecule has 0 spiro atoms. The van der Waals surface area contributed by atoms with Crippen LogP contribution in [0.15, 0.2) is 63.1 Å². The van der Waals surface area contributed by atoms with Crippen LogP contribution in [0.3, 0.4) is 0 Å². The van der Waals surface area contributed by atoms with Gasteiger partial charge in [-0.1, -0.05) is 42.0 Å². The zero-order valence-corrected chi connectivity index (χ0v) is 16.2. The Balaban J connectivity index is 1.34. The minimum absolute atomic E-state index is 0.120. The first-order valence-corrected chi connectivity index (χ1v) is 9.89. The molecular formula is C21H19N3O3S. The van der Waals surface area contributed by atoms with Crippen LogP contribution < -0.4 is 11.1 Å². The van der Waals surface area contributed by atoms with E-state index < -0.39 is 5.76 Å². The van der Waals surface area contributed by atoms with Crippen molar-refractivity contribution in [2.75, 3.05) is 5.32 Å². The summed E-state index contributed by atoms with van der Waals surface area (Å²) in [5.41, 5.74) is 4.36. The molecule has 28 heavy (non-hydrogen) atoms. The zero-order valence-electron chi connectivity index (χ0n) is 15.3. The van der Waals surface area contributed by atoms with Crippen molar-refractivity contribution in [1.82, 2.24) is 9.55 Å². The maximum absolute atomic E-state index is 12.2. The topological polar surface area (TPSA) is 77.1 Å². The lowest BCUT2D eigenvalue weighted by molar-refractivity contribution is -0.116. The van der Waals surface area contributed by atoms with Crippen molar-refractivity contribution in [1.29, 1.82) is 0 Å². The van der Waals surface area contributed by atoms with E-state index in [2.05, 4.69) is 10.3 Å². The van der Waals surface area contributed by atoms with E-state index in [0.717, 1.165) is 16.8 Å². The molecule has 6 nitrogen and oxygen atoms in total. The van der Waals surface area contributed by atoms with Gasteiger partial charge in [0.1, 0.15) is 0 Å². The number of hydrogen-bond acceptors (Lipinski definition) is 5. The van der Waals surface area contributed by atoms with E-state index in [1.807, 2.05) is 54.8 Å². The lowest BCUT2D eigenvalue weighted by atomic mass is 10.1. The Morgan fingerprint density at radius 3 is 2.79 bits per heavy atom. The van der Waals surface area contributed by atoms with E-state index in [0.29, 0.717) is 30.1 Å². The normalized spacial score (nSPS) is 11.0. The molecule has 0 aliphatic carbocycles. The Bertz CT molecular complexity index is 1170. The molecule has 0 aliphatic heterocycles. The summed E-state index contributed by atoms with van der Waals surface area (Å²) >= 11 is 1.40. The number of aryl methyl sites for hydroxylation is 2. The van der Waals surface area contributed by atoms with Gasteiger partial charge < -0.3 is 9.73 Å². The van der Waals surface area contributed by atoms with Crippen LogP contribution >= 0.6 is 11.3 Å². The number of thiazole rings is 1. The first-order valence-electron chi connectivity index (χ1n) is 9.01. The maximum atomic E-state index is 12.2. The Morgan fingerprint density at radius 2 is 1.96 bits per heavy atom. The van der Waals surface area contributed by atoms with E-state index in [4.69, 9.17) is 4.42 Å². The third kappa shape index (κ3) is 3.89. The second-order valence-corrected chi connectivity index (χ2v) is 7.40. The highest BCUT2D eigenvalue weighted by Gasteiger charge is 2.11. The third-order valence-corrected chi connectivity index (χ3v) is 5.21. The van der Waals surface area contributed by atoms with Gasteiger partial charge in [0.25, 0.3) is 0 Å². The molecule has 0 saturated heterocycles. The van der Waals surface area contributed by atoms with Gasteiger partial charge in [0.15, 0.2) is 10.7 Å². The van der Waals surface area contributed by atoms with Gasteiger partial charge in [-0.25, -0.2) is 9.78 Å². The maximum Gasteiger partial charge on any atom is 0.419 e. The molecule has 2 heterocycles. The molecule has 0 atom stereocenters. The fourth-order valence-corrected chi connectivity index (χ4v) is 3.73. The summed E-state index contributed by atoms with van der Waals surface area (Å²) in [7, 11) is 0. The van der Waals surface area contributed by atoms with E-state index in [-0.39, 0.29) is 5.91 Å². The highest BCUT2D eigenvalue weighted by Crippen LogP contribution is 2.25. The number of anilines is 1. The molecule has 0 fully saturated rings. The Labute approximate surface area is 165 Å². The first-order chi connectivity index (χ1) is 13.6. The average molecular weight is 393 g/mol. The number of benzene rings is 2. The van der Waals surface area contributed by atoms with Crippen molar-refractivity contribution < 1.29 is 9.21 Å². The summed E-state index contributed by atoms with van der Waals surface area (Å²) in [6.45, 7) is 2.46. The number of oxazole rings is 1. The number of amides is 1. The lowest BCUT2D eigenvalue weighted by Crippen LogP contribution is -2.17. The Morgan fingerprint density at radius 1 is 1.18 bits per heavy atom. The number of nitrogens with zero attached hydrogens (tertiary/aromatic N) is 2. The highest BCUT2D eigenvalue weighted by atomic mass is 32.1. The summed E-state index contributed by atoms with van der Waals surface area (Å²) in [5, 5.41) is 5.34. The fourth-order valence-electron chi connectivity index (χ4n) is 2.99. The van der Waals surface area contributed by atoms with Crippen LogP contribution in [0.1, 0.15) is 18.4 Å². The second kappa shape index (κ2) is 7.82. The van der Waals surface area contributed by atoms with Crippen molar-refractivity contribution in [2.45, 2.75) is 26.3 Å². The Hall–Kier alpha value is -3.19. The zero-order chi connectivity index (χ0) is 19.5. The predicted octanol–water partition coefficient (Wildman–Crippen LogP) is 4.45. The van der Waals surface area contributed by atoms with E-state index in [1.165, 1.54) is 16.9 Å². The van der Waals surface area contributed by atoms with Crippen molar-refractivity contribution in [3.63, 3.8) is 0 Å². The molecule has 4 aromatic rings. The standard InChI is InChI=1S/C21H19N3O3S/c1-14-8-10-15(11-9-14)16-13-28-20(22-16)23-19(25)7-4-12-24-17-5-2-3-6-18(17)27-21(24)26/h2-3,5-6,8-11,13H,4,7,12H2,1H3,(H,22,23,25). The number of aromatic nitrogens is 2. The molecule has 2 aromatic carbocycles. The van der Waals surface area contributed by atoms with Gasteiger partial charge in [-0.15, -0.1) is 11.3 Å². The number of nitrogens with one attached hydrogen (secondary N) is 1. The van der Waals surface area contributed by atoms with E-state index in [1.54, 1.807) is 10.6 Å². The summed E-state index contributed by atoms with van der Waals surface area (Å²) in [6, 6.07) is 15.4. The van der Waals surface area contributed by atoms with Gasteiger partial charge in [-0.05, 0) is 25.5 Å². The molecule has 4 rings (SSSR count). The van der Waals surface area contributed by atoms with Crippen LogP contribution in [0.5, 0.6) is 0 Å². The van der Waals surface area contributed by atoms with E-state index >= 15 is 0 Å². The summed E-state index contributed by atoms with van der Waals surface area (Å²) < 4.78 is 6.76. The van der Waals surface area contributed by atoms with Gasteiger partial charge in [0.05, 0.1) is 11.2 Å². The van der Waals surface area contributed by atoms with Crippen LogP contribution in [0.25, 0.3) is 22.4 Å². The summed E-state index contributed by atoms with van der Waals surface area (Å²) in [4.78, 5) is 28.7. The van der Waals surface area contributed by atoms with Crippen LogP contribution in [0.4, 0.5) is 5.13 Å². The predicted molar refractivity (Wildman–Crippen MR) is 111 cm³/mol. The minimum Gasteiger partial charge on any atom is -0.408 e. The van der Waals surface area contributed by atoms with Crippen LogP contribution in [0, 0.1) is 6.92 Å². The number of carbonyl (C=O) groups is 1. The summed E-state index contributed by atoms with van der Waals surface area (Å²) in [5.74, 6) is -0.519. The van der Waals surface area contributed by atoms with Gasteiger partial charge in [-0.3, -0.25) is 9.36 Å². The van der Waals surface area contributed by atoms with Crippen LogP contribution in [-0.4, -0.2) is 15.5 Å². The molecule has 7 heteroatoms. The third-order valence-electron chi connectivity index (χ3n) is 4.46. The SMILES string of the molecule is Cc1ccc(-c2csc(NC(=O)CCCn3c(=O)oc4ccccc43)n2)cc1. The average Bonchev–Trinajstić information content (AvgIpc) is 3.27. The monoisotopic (exact) mass is 393 g/mol. The molecule has 0 aliphatic rings. The van der Waals surface area contributed by atoms with E-state index in [9.17, 15) is 9.59 Å². The smallest absolute Gasteiger partial charge is 0.408 e. The van der Waals surface area contributed by atoms with Gasteiger partial charge in [0, 0.05) is 23.9 Å². The first kappa shape index (κ1) is 18.2. The number of para-hydroxylation sites is 2. The number of fused-ring (bicyclic) bond motifs is 1. The van der Waals surface area contributed by atoms with Gasteiger partial charge >= 0.3 is 5.76 Å². The summed E-state index contributed by atoms with van der Waals surface area (Å²) in [6.07, 6.45) is 0.830. The molecule has 2 aromatic heterocycles. The van der Waals surface area contributed by atoms with Crippen molar-refractivity contribution in [3.05, 3.63) is 70.0 Å². The largest absolute Gasteiger partial charge is 0.419 e. The molecule has 142 valence electrons. The number of carbonyl (C=O) groups excluding carboxylic acids is 1. The highest BCUT2D eigenvalue weighted by molar-refractivity contribution is 7.14. The molecule has 0 radical (unpaired) electrons. The van der Waals surface area contributed by atoms with Crippen molar-refractivity contribution >= 4 is 33.5 Å².